The molecule has 4 nitrogen and oxygen atoms in total. The number of ether oxygens (including phenoxy) is 1. The van der Waals surface area contributed by atoms with Crippen LogP contribution >= 0.6 is 12.4 Å². The summed E-state index contributed by atoms with van der Waals surface area (Å²) in [5.41, 5.74) is 4.73. The largest absolute Gasteiger partial charge is 0.471 e. The average molecular weight is 460 g/mol. The normalized spacial score (nSPS) is 15.8. The van der Waals surface area contributed by atoms with Crippen LogP contribution in [0, 0.1) is 5.92 Å². The Labute approximate surface area is 202 Å². The lowest BCUT2D eigenvalue weighted by atomic mass is 10.1. The van der Waals surface area contributed by atoms with Gasteiger partial charge in [-0.1, -0.05) is 91.0 Å². The van der Waals surface area contributed by atoms with Gasteiger partial charge in [-0.2, -0.15) is 0 Å². The van der Waals surface area contributed by atoms with Gasteiger partial charge in [0.15, 0.2) is 0 Å². The fraction of sp³-hybridized carbons (Fsp3) is 0.250. The molecule has 2 heterocycles. The van der Waals surface area contributed by atoms with Crippen molar-refractivity contribution in [2.75, 3.05) is 13.1 Å². The van der Waals surface area contributed by atoms with E-state index in [-0.39, 0.29) is 12.4 Å². The van der Waals surface area contributed by atoms with Crippen molar-refractivity contribution >= 4 is 12.4 Å². The molecule has 1 unspecified atom stereocenters. The quantitative estimate of drug-likeness (QED) is 0.320. The maximum absolute atomic E-state index is 6.18. The first kappa shape index (κ1) is 23.1. The monoisotopic (exact) mass is 459 g/mol. The number of aromatic nitrogens is 2. The number of nitrogens with zero attached hydrogens (tertiary/aromatic N) is 3. The van der Waals surface area contributed by atoms with E-state index in [0.717, 1.165) is 42.9 Å². The van der Waals surface area contributed by atoms with E-state index < -0.39 is 0 Å². The molecule has 0 bridgehead atoms. The number of likely N-dealkylation sites (tertiary alicyclic amines) is 1. The van der Waals surface area contributed by atoms with Gasteiger partial charge in [0.05, 0.1) is 5.56 Å². The highest BCUT2D eigenvalue weighted by Crippen LogP contribution is 2.30. The molecule has 1 atom stereocenters. The third kappa shape index (κ3) is 6.04. The van der Waals surface area contributed by atoms with E-state index in [1.165, 1.54) is 12.0 Å². The van der Waals surface area contributed by atoms with Gasteiger partial charge < -0.3 is 4.74 Å². The number of hydrogen-bond acceptors (Lipinski definition) is 3. The maximum atomic E-state index is 6.18. The fourth-order valence-electron chi connectivity index (χ4n) is 4.46. The minimum atomic E-state index is 0. The number of hydrogen-bond donors (Lipinski definition) is 0. The molecule has 0 N–H and O–H groups in total. The van der Waals surface area contributed by atoms with Crippen LogP contribution < -0.4 is 4.74 Å². The van der Waals surface area contributed by atoms with Crippen LogP contribution in [0.3, 0.4) is 0 Å². The Morgan fingerprint density at radius 2 is 1.45 bits per heavy atom. The molecule has 1 aliphatic rings. The van der Waals surface area contributed by atoms with Gasteiger partial charge in [0.1, 0.15) is 6.61 Å². The van der Waals surface area contributed by atoms with Gasteiger partial charge in [-0.25, -0.2) is 0 Å². The summed E-state index contributed by atoms with van der Waals surface area (Å²) >= 11 is 0. The van der Waals surface area contributed by atoms with Gasteiger partial charge >= 0.3 is 0 Å². The lowest BCUT2D eigenvalue weighted by molar-refractivity contribution is 0.284. The van der Waals surface area contributed by atoms with Crippen molar-refractivity contribution in [3.05, 3.63) is 108 Å². The topological polar surface area (TPSA) is 30.3 Å². The van der Waals surface area contributed by atoms with Crippen LogP contribution in [0.1, 0.15) is 17.5 Å². The SMILES string of the molecule is Cl.c1ccc(COc2nn(CC3CCN(Cc4ccccc4)C3)cc2-c2ccccc2)cc1. The minimum absolute atomic E-state index is 0. The smallest absolute Gasteiger partial charge is 0.241 e. The Morgan fingerprint density at radius 1 is 0.818 bits per heavy atom. The predicted octanol–water partition coefficient (Wildman–Crippen LogP) is 6.07. The summed E-state index contributed by atoms with van der Waals surface area (Å²) in [7, 11) is 0. The third-order valence-corrected chi connectivity index (χ3v) is 6.10. The van der Waals surface area contributed by atoms with Gasteiger partial charge in [-0.15, -0.1) is 17.5 Å². The Kier molecular flexibility index (Phi) is 7.82. The summed E-state index contributed by atoms with van der Waals surface area (Å²) in [6.45, 7) is 4.71. The standard InChI is InChI=1S/C28H29N3O.ClH/c1-4-10-23(11-5-1)18-30-17-16-25(19-30)20-31-21-27(26-14-8-3-9-15-26)28(29-31)32-22-24-12-6-2-7-13-24;/h1-15,21,25H,16-20,22H2;1H. The van der Waals surface area contributed by atoms with E-state index in [2.05, 4.69) is 82.5 Å². The molecule has 0 radical (unpaired) electrons. The number of benzene rings is 3. The van der Waals surface area contributed by atoms with Crippen molar-refractivity contribution < 1.29 is 4.74 Å². The molecule has 0 aliphatic carbocycles. The molecular weight excluding hydrogens is 430 g/mol. The van der Waals surface area contributed by atoms with Crippen molar-refractivity contribution in [2.24, 2.45) is 5.92 Å². The first-order valence-corrected chi connectivity index (χ1v) is 11.4. The molecular formula is C28H30ClN3O. The summed E-state index contributed by atoms with van der Waals surface area (Å²) < 4.78 is 8.26. The highest BCUT2D eigenvalue weighted by Gasteiger charge is 2.24. The molecule has 0 saturated carbocycles. The summed E-state index contributed by atoms with van der Waals surface area (Å²) in [5.74, 6) is 1.31. The lowest BCUT2D eigenvalue weighted by Gasteiger charge is -2.16. The minimum Gasteiger partial charge on any atom is -0.471 e. The summed E-state index contributed by atoms with van der Waals surface area (Å²) in [6.07, 6.45) is 3.35. The van der Waals surface area contributed by atoms with Crippen LogP contribution in [-0.2, 0) is 19.7 Å². The molecule has 3 aromatic carbocycles. The molecule has 170 valence electrons. The molecule has 1 fully saturated rings. The fourth-order valence-corrected chi connectivity index (χ4v) is 4.46. The second-order valence-corrected chi connectivity index (χ2v) is 8.59. The van der Waals surface area contributed by atoms with Crippen LogP contribution in [0.15, 0.2) is 97.2 Å². The first-order chi connectivity index (χ1) is 15.8. The molecule has 1 saturated heterocycles. The van der Waals surface area contributed by atoms with Crippen LogP contribution in [0.2, 0.25) is 0 Å². The zero-order valence-electron chi connectivity index (χ0n) is 18.7. The van der Waals surface area contributed by atoms with Crippen molar-refractivity contribution in [3.63, 3.8) is 0 Å². The van der Waals surface area contributed by atoms with Gasteiger partial charge in [0, 0.05) is 25.8 Å². The van der Waals surface area contributed by atoms with Crippen LogP contribution in [0.5, 0.6) is 5.88 Å². The van der Waals surface area contributed by atoms with Gasteiger partial charge in [-0.3, -0.25) is 9.58 Å². The van der Waals surface area contributed by atoms with Crippen LogP contribution in [0.4, 0.5) is 0 Å². The molecule has 0 amide bonds. The summed E-state index contributed by atoms with van der Waals surface area (Å²) in [6, 6.07) is 31.4. The first-order valence-electron chi connectivity index (χ1n) is 11.4. The zero-order valence-corrected chi connectivity index (χ0v) is 19.5. The van der Waals surface area contributed by atoms with E-state index in [1.54, 1.807) is 0 Å². The van der Waals surface area contributed by atoms with Gasteiger partial charge in [0.2, 0.25) is 5.88 Å². The molecule has 5 heteroatoms. The van der Waals surface area contributed by atoms with E-state index in [4.69, 9.17) is 9.84 Å². The van der Waals surface area contributed by atoms with Crippen LogP contribution in [-0.4, -0.2) is 27.8 Å². The molecule has 1 aliphatic heterocycles. The third-order valence-electron chi connectivity index (χ3n) is 6.10. The van der Waals surface area contributed by atoms with Crippen molar-refractivity contribution in [2.45, 2.75) is 26.1 Å². The molecule has 5 rings (SSSR count). The van der Waals surface area contributed by atoms with Crippen LogP contribution in [0.25, 0.3) is 11.1 Å². The average Bonchev–Trinajstić information content (AvgIpc) is 3.46. The molecule has 0 spiro atoms. The Hall–Kier alpha value is -3.08. The lowest BCUT2D eigenvalue weighted by Crippen LogP contribution is -2.21. The second-order valence-electron chi connectivity index (χ2n) is 8.59. The molecule has 4 aromatic rings. The van der Waals surface area contributed by atoms with E-state index in [1.807, 2.05) is 24.3 Å². The molecule has 1 aromatic heterocycles. The molecule has 33 heavy (non-hydrogen) atoms. The maximum Gasteiger partial charge on any atom is 0.241 e. The Bertz CT molecular complexity index is 1120. The van der Waals surface area contributed by atoms with Crippen molar-refractivity contribution in [3.8, 4) is 17.0 Å². The number of halogens is 1. The van der Waals surface area contributed by atoms with Crippen molar-refractivity contribution in [1.82, 2.24) is 14.7 Å². The van der Waals surface area contributed by atoms with Gasteiger partial charge in [-0.05, 0) is 35.6 Å². The number of rotatable bonds is 8. The zero-order chi connectivity index (χ0) is 21.6. The van der Waals surface area contributed by atoms with E-state index in [9.17, 15) is 0 Å². The van der Waals surface area contributed by atoms with Gasteiger partial charge in [0.25, 0.3) is 0 Å². The Morgan fingerprint density at radius 3 is 2.15 bits per heavy atom. The summed E-state index contributed by atoms with van der Waals surface area (Å²) in [5, 5.41) is 4.85. The highest BCUT2D eigenvalue weighted by atomic mass is 35.5. The summed E-state index contributed by atoms with van der Waals surface area (Å²) in [4.78, 5) is 2.55. The van der Waals surface area contributed by atoms with E-state index in [0.29, 0.717) is 18.4 Å². The van der Waals surface area contributed by atoms with E-state index >= 15 is 0 Å². The van der Waals surface area contributed by atoms with Crippen molar-refractivity contribution in [1.29, 1.82) is 0 Å². The second kappa shape index (κ2) is 11.2. The Balaban J connectivity index is 0.00000259. The predicted molar refractivity (Wildman–Crippen MR) is 136 cm³/mol. The highest BCUT2D eigenvalue weighted by molar-refractivity contribution is 5.85.